The van der Waals surface area contributed by atoms with Gasteiger partial charge in [0.15, 0.2) is 9.84 Å². The molecule has 0 unspecified atom stereocenters. The summed E-state index contributed by atoms with van der Waals surface area (Å²) in [6, 6.07) is 16.0. The third-order valence-corrected chi connectivity index (χ3v) is 9.96. The van der Waals surface area contributed by atoms with Crippen molar-refractivity contribution in [2.24, 2.45) is 0 Å². The van der Waals surface area contributed by atoms with Crippen LogP contribution in [0.5, 0.6) is 0 Å². The van der Waals surface area contributed by atoms with Crippen LogP contribution in [0.3, 0.4) is 0 Å². The van der Waals surface area contributed by atoms with Gasteiger partial charge in [0.05, 0.1) is 34.0 Å². The van der Waals surface area contributed by atoms with Crippen LogP contribution in [0.25, 0.3) is 20.8 Å². The Bertz CT molecular complexity index is 1530. The van der Waals surface area contributed by atoms with E-state index < -0.39 is 9.84 Å². The average Bonchev–Trinajstić information content (AvgIpc) is 3.48. The first-order valence-electron chi connectivity index (χ1n) is 11.9. The molecule has 0 saturated heterocycles. The first-order valence-corrected chi connectivity index (χ1v) is 15.1. The molecule has 2 aromatic carbocycles. The van der Waals surface area contributed by atoms with E-state index in [1.807, 2.05) is 24.3 Å². The molecule has 11 heteroatoms. The van der Waals surface area contributed by atoms with Gasteiger partial charge in [0.2, 0.25) is 5.91 Å². The summed E-state index contributed by atoms with van der Waals surface area (Å²) in [7, 11) is -3.58. The van der Waals surface area contributed by atoms with Crippen LogP contribution in [-0.4, -0.2) is 49.2 Å². The van der Waals surface area contributed by atoms with Gasteiger partial charge in [0.25, 0.3) is 0 Å². The molecule has 192 valence electrons. The Balaban J connectivity index is 1.43. The Kier molecular flexibility index (Phi) is 7.27. The van der Waals surface area contributed by atoms with Crippen molar-refractivity contribution in [2.45, 2.75) is 31.2 Å². The van der Waals surface area contributed by atoms with E-state index >= 15 is 0 Å². The van der Waals surface area contributed by atoms with E-state index in [1.54, 1.807) is 41.4 Å². The number of para-hydroxylation sites is 1. The summed E-state index contributed by atoms with van der Waals surface area (Å²) in [4.78, 5) is 32.9. The molecule has 0 fully saturated rings. The molecule has 1 aliphatic rings. The highest BCUT2D eigenvalue weighted by atomic mass is 32.2. The lowest BCUT2D eigenvalue weighted by atomic mass is 10.0. The maximum Gasteiger partial charge on any atom is 0.410 e. The minimum absolute atomic E-state index is 0.173. The molecule has 0 atom stereocenters. The fourth-order valence-electron chi connectivity index (χ4n) is 4.23. The number of ether oxygens (including phenoxy) is 1. The molecule has 37 heavy (non-hydrogen) atoms. The molecule has 0 saturated carbocycles. The Hall–Kier alpha value is -3.28. The van der Waals surface area contributed by atoms with Crippen LogP contribution in [0.4, 0.5) is 9.80 Å². The predicted molar refractivity (Wildman–Crippen MR) is 146 cm³/mol. The number of amides is 2. The zero-order valence-electron chi connectivity index (χ0n) is 20.1. The Morgan fingerprint density at radius 3 is 2.59 bits per heavy atom. The van der Waals surface area contributed by atoms with E-state index in [0.717, 1.165) is 31.2 Å². The number of thiophene rings is 1. The lowest BCUT2D eigenvalue weighted by Crippen LogP contribution is -2.35. The lowest BCUT2D eigenvalue weighted by molar-refractivity contribution is -0.115. The number of anilines is 1. The average molecular weight is 556 g/mol. The van der Waals surface area contributed by atoms with Crippen molar-refractivity contribution in [3.05, 3.63) is 65.0 Å². The molecule has 4 aromatic rings. The van der Waals surface area contributed by atoms with Crippen molar-refractivity contribution < 1.29 is 22.7 Å². The van der Waals surface area contributed by atoms with Gasteiger partial charge in [-0.2, -0.15) is 0 Å². The molecule has 1 aliphatic heterocycles. The topological polar surface area (TPSA) is 106 Å². The zero-order valence-corrected chi connectivity index (χ0v) is 22.5. The summed E-state index contributed by atoms with van der Waals surface area (Å²) in [6.45, 7) is 2.96. The number of hydrogen-bond donors (Lipinski definition) is 1. The van der Waals surface area contributed by atoms with Crippen molar-refractivity contribution in [1.29, 1.82) is 0 Å². The molecule has 0 aliphatic carbocycles. The highest BCUT2D eigenvalue weighted by Crippen LogP contribution is 2.45. The minimum Gasteiger partial charge on any atom is -0.450 e. The summed E-state index contributed by atoms with van der Waals surface area (Å²) >= 11 is 2.94. The lowest BCUT2D eigenvalue weighted by Gasteiger charge is -2.26. The summed E-state index contributed by atoms with van der Waals surface area (Å²) in [5, 5.41) is 4.36. The quantitative estimate of drug-likeness (QED) is 0.330. The van der Waals surface area contributed by atoms with E-state index in [2.05, 4.69) is 5.32 Å². The molecular formula is C26H25N3O5S3. The molecule has 5 rings (SSSR count). The molecule has 0 radical (unpaired) electrons. The molecule has 8 nitrogen and oxygen atoms in total. The van der Waals surface area contributed by atoms with Crippen LogP contribution >= 0.6 is 22.7 Å². The second-order valence-corrected chi connectivity index (χ2v) is 12.7. The molecule has 1 N–H and O–H groups in total. The molecule has 2 amide bonds. The summed E-state index contributed by atoms with van der Waals surface area (Å²) < 4.78 is 31.5. The van der Waals surface area contributed by atoms with Crippen LogP contribution in [0, 0.1) is 0 Å². The second-order valence-electron chi connectivity index (χ2n) is 8.50. The minimum atomic E-state index is -3.58. The number of aromatic nitrogens is 1. The third kappa shape index (κ3) is 5.39. The monoisotopic (exact) mass is 555 g/mol. The maximum atomic E-state index is 12.9. The van der Waals surface area contributed by atoms with Crippen LogP contribution in [0.2, 0.25) is 0 Å². The van der Waals surface area contributed by atoms with Gasteiger partial charge in [-0.3, -0.25) is 4.79 Å². The smallest absolute Gasteiger partial charge is 0.410 e. The van der Waals surface area contributed by atoms with E-state index in [1.165, 1.54) is 23.5 Å². The number of carbonyl (C=O) groups is 2. The number of sulfone groups is 1. The number of nitrogens with one attached hydrogen (secondary N) is 1. The first-order chi connectivity index (χ1) is 17.9. The molecular weight excluding hydrogens is 531 g/mol. The van der Waals surface area contributed by atoms with Crippen molar-refractivity contribution >= 4 is 59.7 Å². The number of benzene rings is 2. The van der Waals surface area contributed by atoms with Crippen molar-refractivity contribution in [1.82, 2.24) is 9.88 Å². The summed E-state index contributed by atoms with van der Waals surface area (Å²) in [6.07, 6.45) is 0.0714. The van der Waals surface area contributed by atoms with Crippen molar-refractivity contribution in [2.75, 3.05) is 24.2 Å². The van der Waals surface area contributed by atoms with Crippen LogP contribution in [-0.2, 0) is 32.3 Å². The number of nitrogens with zero attached hydrogens (tertiary/aromatic N) is 2. The molecule has 0 bridgehead atoms. The Morgan fingerprint density at radius 1 is 1.08 bits per heavy atom. The SMILES string of the molecule is CCOC(=O)N1CCc2c(sc(NC(=O)CCS(=O)(=O)c3ccccc3)c2-c2nc3ccccc3s2)C1. The van der Waals surface area contributed by atoms with Crippen LogP contribution in [0.15, 0.2) is 59.5 Å². The maximum absolute atomic E-state index is 12.9. The van der Waals surface area contributed by atoms with Crippen molar-refractivity contribution in [3.63, 3.8) is 0 Å². The van der Waals surface area contributed by atoms with Gasteiger partial charge < -0.3 is 15.0 Å². The van der Waals surface area contributed by atoms with Gasteiger partial charge in [-0.05, 0) is 43.2 Å². The Morgan fingerprint density at radius 2 is 1.84 bits per heavy atom. The first kappa shape index (κ1) is 25.4. The van der Waals surface area contributed by atoms with Crippen LogP contribution < -0.4 is 5.32 Å². The van der Waals surface area contributed by atoms with E-state index in [4.69, 9.17) is 9.72 Å². The van der Waals surface area contributed by atoms with Gasteiger partial charge in [-0.15, -0.1) is 22.7 Å². The number of fused-ring (bicyclic) bond motifs is 2. The summed E-state index contributed by atoms with van der Waals surface area (Å²) in [5.41, 5.74) is 2.78. The van der Waals surface area contributed by atoms with Gasteiger partial charge in [0, 0.05) is 23.4 Å². The highest BCUT2D eigenvalue weighted by molar-refractivity contribution is 7.91. The van der Waals surface area contributed by atoms with Gasteiger partial charge >= 0.3 is 6.09 Å². The standard InChI is InChI=1S/C26H25N3O5S3/c1-2-34-26(31)29-14-12-18-21(16-29)36-25(23(18)24-27-19-10-6-7-11-20(19)35-24)28-22(30)13-15-37(32,33)17-8-4-3-5-9-17/h3-11H,2,12-16H2,1H3,(H,28,30). The number of thiazole rings is 1. The predicted octanol–water partition coefficient (Wildman–Crippen LogP) is 5.34. The zero-order chi connectivity index (χ0) is 26.0. The number of carbonyl (C=O) groups excluding carboxylic acids is 2. The third-order valence-electron chi connectivity index (χ3n) is 6.04. The fraction of sp³-hybridized carbons (Fsp3) is 0.269. The number of rotatable bonds is 7. The van der Waals surface area contributed by atoms with Gasteiger partial charge in [-0.1, -0.05) is 30.3 Å². The summed E-state index contributed by atoms with van der Waals surface area (Å²) in [5.74, 6) is -0.677. The Labute approximate surface area is 222 Å². The normalized spacial score (nSPS) is 13.4. The molecule has 3 heterocycles. The van der Waals surface area contributed by atoms with Gasteiger partial charge in [-0.25, -0.2) is 18.2 Å². The van der Waals surface area contributed by atoms with Gasteiger partial charge in [0.1, 0.15) is 10.0 Å². The second kappa shape index (κ2) is 10.6. The van der Waals surface area contributed by atoms with Crippen molar-refractivity contribution in [3.8, 4) is 10.6 Å². The molecule has 0 spiro atoms. The number of hydrogen-bond acceptors (Lipinski definition) is 8. The molecule has 2 aromatic heterocycles. The van der Waals surface area contributed by atoms with E-state index in [9.17, 15) is 18.0 Å². The largest absolute Gasteiger partial charge is 0.450 e. The fourth-order valence-corrected chi connectivity index (χ4v) is 7.88. The van der Waals surface area contributed by atoms with Crippen LogP contribution in [0.1, 0.15) is 23.8 Å². The van der Waals surface area contributed by atoms with E-state index in [0.29, 0.717) is 31.1 Å². The van der Waals surface area contributed by atoms with E-state index in [-0.39, 0.29) is 29.1 Å². The highest BCUT2D eigenvalue weighted by Gasteiger charge is 2.30.